The van der Waals surface area contributed by atoms with Crippen molar-refractivity contribution in [1.29, 1.82) is 0 Å². The number of amides is 1. The lowest BCUT2D eigenvalue weighted by atomic mass is 10.0. The van der Waals surface area contributed by atoms with Crippen LogP contribution in [-0.4, -0.2) is 36.0 Å². The summed E-state index contributed by atoms with van der Waals surface area (Å²) in [7, 11) is 0. The summed E-state index contributed by atoms with van der Waals surface area (Å²) in [5.41, 5.74) is 0.471. The normalized spacial score (nSPS) is 32.1. The summed E-state index contributed by atoms with van der Waals surface area (Å²) in [6, 6.07) is 0.451. The summed E-state index contributed by atoms with van der Waals surface area (Å²) in [4.78, 5) is 14.4. The Bertz CT molecular complexity index is 299. The van der Waals surface area contributed by atoms with Gasteiger partial charge in [0.15, 0.2) is 0 Å². The molecule has 2 aliphatic rings. The molecular weight excluding hydrogens is 212 g/mol. The monoisotopic (exact) mass is 238 g/mol. The van der Waals surface area contributed by atoms with E-state index in [2.05, 4.69) is 37.9 Å². The summed E-state index contributed by atoms with van der Waals surface area (Å²) in [5, 5.41) is 3.38. The zero-order valence-electron chi connectivity index (χ0n) is 11.6. The van der Waals surface area contributed by atoms with Crippen molar-refractivity contribution >= 4 is 5.91 Å². The van der Waals surface area contributed by atoms with Crippen LogP contribution in [0.15, 0.2) is 0 Å². The zero-order chi connectivity index (χ0) is 12.6. The first-order valence-electron chi connectivity index (χ1n) is 6.95. The number of nitrogens with zero attached hydrogens (tertiary/aromatic N) is 1. The molecule has 0 aromatic heterocycles. The first-order chi connectivity index (χ1) is 7.90. The molecule has 1 aliphatic carbocycles. The van der Waals surface area contributed by atoms with Crippen LogP contribution in [0.5, 0.6) is 0 Å². The summed E-state index contributed by atoms with van der Waals surface area (Å²) in [6.45, 7) is 10.8. The van der Waals surface area contributed by atoms with Gasteiger partial charge in [-0.15, -0.1) is 0 Å². The van der Waals surface area contributed by atoms with E-state index in [1.165, 1.54) is 6.42 Å². The van der Waals surface area contributed by atoms with Gasteiger partial charge in [-0.05, 0) is 30.6 Å². The van der Waals surface area contributed by atoms with E-state index in [4.69, 9.17) is 0 Å². The van der Waals surface area contributed by atoms with Gasteiger partial charge in [-0.3, -0.25) is 4.79 Å². The van der Waals surface area contributed by atoms with Crippen LogP contribution in [0.2, 0.25) is 0 Å². The molecule has 1 aliphatic heterocycles. The maximum atomic E-state index is 12.3. The first kappa shape index (κ1) is 12.9. The van der Waals surface area contributed by atoms with Crippen LogP contribution < -0.4 is 5.32 Å². The molecule has 3 nitrogen and oxygen atoms in total. The van der Waals surface area contributed by atoms with Crippen molar-refractivity contribution in [3.63, 3.8) is 0 Å². The molecule has 1 amide bonds. The lowest BCUT2D eigenvalue weighted by Gasteiger charge is -2.34. The van der Waals surface area contributed by atoms with Crippen LogP contribution in [0.4, 0.5) is 0 Å². The number of carbonyl (C=O) groups is 1. The summed E-state index contributed by atoms with van der Waals surface area (Å²) in [6.07, 6.45) is 3.42. The van der Waals surface area contributed by atoms with Crippen LogP contribution in [0.1, 0.15) is 47.0 Å². The van der Waals surface area contributed by atoms with Gasteiger partial charge in [-0.2, -0.15) is 0 Å². The maximum Gasteiger partial charge on any atom is 0.239 e. The van der Waals surface area contributed by atoms with Gasteiger partial charge >= 0.3 is 0 Å². The van der Waals surface area contributed by atoms with E-state index in [0.717, 1.165) is 31.8 Å². The summed E-state index contributed by atoms with van der Waals surface area (Å²) in [5.74, 6) is 1.05. The Labute approximate surface area is 105 Å². The minimum atomic E-state index is 0.0608. The van der Waals surface area contributed by atoms with Gasteiger partial charge in [-0.1, -0.05) is 27.7 Å². The molecule has 0 bridgehead atoms. The molecule has 1 heterocycles. The summed E-state index contributed by atoms with van der Waals surface area (Å²) < 4.78 is 0. The first-order valence-corrected chi connectivity index (χ1v) is 6.95. The van der Waals surface area contributed by atoms with Gasteiger partial charge in [0.2, 0.25) is 5.91 Å². The van der Waals surface area contributed by atoms with Gasteiger partial charge in [0.25, 0.3) is 0 Å². The Morgan fingerprint density at radius 3 is 2.65 bits per heavy atom. The second-order valence-electron chi connectivity index (χ2n) is 6.69. The lowest BCUT2D eigenvalue weighted by Crippen LogP contribution is -2.52. The van der Waals surface area contributed by atoms with E-state index < -0.39 is 0 Å². The highest BCUT2D eigenvalue weighted by molar-refractivity contribution is 5.82. The molecule has 1 N–H and O–H groups in total. The van der Waals surface area contributed by atoms with E-state index >= 15 is 0 Å². The van der Waals surface area contributed by atoms with Gasteiger partial charge < -0.3 is 10.2 Å². The second-order valence-corrected chi connectivity index (χ2v) is 6.69. The van der Waals surface area contributed by atoms with Crippen molar-refractivity contribution in [3.8, 4) is 0 Å². The molecule has 1 saturated carbocycles. The van der Waals surface area contributed by atoms with Gasteiger partial charge in [0, 0.05) is 19.1 Å². The Morgan fingerprint density at radius 1 is 1.47 bits per heavy atom. The maximum absolute atomic E-state index is 12.3. The molecule has 0 spiro atoms. The van der Waals surface area contributed by atoms with Crippen LogP contribution in [0.25, 0.3) is 0 Å². The summed E-state index contributed by atoms with van der Waals surface area (Å²) >= 11 is 0. The third-order valence-electron chi connectivity index (χ3n) is 4.22. The highest BCUT2D eigenvalue weighted by Gasteiger charge is 2.47. The molecule has 0 aromatic rings. The Balaban J connectivity index is 1.88. The van der Waals surface area contributed by atoms with E-state index in [0.29, 0.717) is 17.4 Å². The van der Waals surface area contributed by atoms with Crippen LogP contribution in [0, 0.1) is 11.3 Å². The minimum Gasteiger partial charge on any atom is -0.341 e. The molecule has 2 unspecified atom stereocenters. The fourth-order valence-corrected chi connectivity index (χ4v) is 2.83. The second kappa shape index (κ2) is 4.60. The number of carbonyl (C=O) groups excluding carboxylic acids is 1. The largest absolute Gasteiger partial charge is 0.341 e. The van der Waals surface area contributed by atoms with Crippen LogP contribution in [-0.2, 0) is 4.79 Å². The Morgan fingerprint density at radius 2 is 2.12 bits per heavy atom. The fourth-order valence-electron chi connectivity index (χ4n) is 2.83. The standard InChI is InChI=1S/C14H26N2O/c1-10(2)15-12-6-5-7-16(13(12)17)9-11-8-14(11,3)4/h10-12,15H,5-9H2,1-4H3. The van der Waals surface area contributed by atoms with Crippen LogP contribution >= 0.6 is 0 Å². The Hall–Kier alpha value is -0.570. The third kappa shape index (κ3) is 3.01. The van der Waals surface area contributed by atoms with Crippen molar-refractivity contribution in [1.82, 2.24) is 10.2 Å². The fraction of sp³-hybridized carbons (Fsp3) is 0.929. The number of piperidine rings is 1. The van der Waals surface area contributed by atoms with Crippen molar-refractivity contribution in [3.05, 3.63) is 0 Å². The number of likely N-dealkylation sites (tertiary alicyclic amines) is 1. The average molecular weight is 238 g/mol. The quantitative estimate of drug-likeness (QED) is 0.812. The van der Waals surface area contributed by atoms with Crippen molar-refractivity contribution < 1.29 is 4.79 Å². The number of hydrogen-bond acceptors (Lipinski definition) is 2. The van der Waals surface area contributed by atoms with E-state index in [1.54, 1.807) is 0 Å². The predicted octanol–water partition coefficient (Wildman–Crippen LogP) is 2.02. The molecule has 3 heteroatoms. The molecule has 2 atom stereocenters. The molecule has 98 valence electrons. The van der Waals surface area contributed by atoms with E-state index in [-0.39, 0.29) is 6.04 Å². The smallest absolute Gasteiger partial charge is 0.239 e. The number of hydrogen-bond donors (Lipinski definition) is 1. The van der Waals surface area contributed by atoms with Crippen molar-refractivity contribution in [2.75, 3.05) is 13.1 Å². The topological polar surface area (TPSA) is 32.3 Å². The average Bonchev–Trinajstić information content (AvgIpc) is 2.80. The van der Waals surface area contributed by atoms with E-state index in [1.807, 2.05) is 0 Å². The molecule has 1 saturated heterocycles. The highest BCUT2D eigenvalue weighted by atomic mass is 16.2. The number of rotatable bonds is 4. The van der Waals surface area contributed by atoms with Crippen LogP contribution in [0.3, 0.4) is 0 Å². The molecule has 0 radical (unpaired) electrons. The third-order valence-corrected chi connectivity index (χ3v) is 4.22. The van der Waals surface area contributed by atoms with Gasteiger partial charge in [0.05, 0.1) is 6.04 Å². The molecule has 2 rings (SSSR count). The van der Waals surface area contributed by atoms with Crippen molar-refractivity contribution in [2.45, 2.75) is 59.0 Å². The SMILES string of the molecule is CC(C)NC1CCCN(CC2CC2(C)C)C1=O. The lowest BCUT2D eigenvalue weighted by molar-refractivity contribution is -0.136. The van der Waals surface area contributed by atoms with E-state index in [9.17, 15) is 4.79 Å². The highest BCUT2D eigenvalue weighted by Crippen LogP contribution is 2.51. The molecular formula is C14H26N2O. The Kier molecular flexibility index (Phi) is 3.48. The zero-order valence-corrected chi connectivity index (χ0v) is 11.6. The minimum absolute atomic E-state index is 0.0608. The molecule has 17 heavy (non-hydrogen) atoms. The molecule has 0 aromatic carbocycles. The van der Waals surface area contributed by atoms with Gasteiger partial charge in [-0.25, -0.2) is 0 Å². The molecule has 2 fully saturated rings. The van der Waals surface area contributed by atoms with Gasteiger partial charge in [0.1, 0.15) is 0 Å². The van der Waals surface area contributed by atoms with Crippen molar-refractivity contribution in [2.24, 2.45) is 11.3 Å². The number of nitrogens with one attached hydrogen (secondary N) is 1. The predicted molar refractivity (Wildman–Crippen MR) is 69.8 cm³/mol.